The molecule has 2 rings (SSSR count). The summed E-state index contributed by atoms with van der Waals surface area (Å²) in [5.41, 5.74) is 1.37. The summed E-state index contributed by atoms with van der Waals surface area (Å²) < 4.78 is 6.73. The van der Waals surface area contributed by atoms with E-state index in [-0.39, 0.29) is 0 Å². The third-order valence-corrected chi connectivity index (χ3v) is 3.89. The van der Waals surface area contributed by atoms with E-state index in [9.17, 15) is 0 Å². The van der Waals surface area contributed by atoms with Crippen molar-refractivity contribution in [1.82, 2.24) is 0 Å². The second kappa shape index (κ2) is 7.49. The Hall–Kier alpha value is -0.930. The van der Waals surface area contributed by atoms with Gasteiger partial charge in [-0.1, -0.05) is 52.3 Å². The van der Waals surface area contributed by atoms with Gasteiger partial charge in [0.25, 0.3) is 0 Å². The highest BCUT2D eigenvalue weighted by atomic mass is 79.9. The predicted octanol–water partition coefficient (Wildman–Crippen LogP) is 4.76. The van der Waals surface area contributed by atoms with Crippen LogP contribution in [0.4, 0.5) is 0 Å². The van der Waals surface area contributed by atoms with Crippen LogP contribution in [0.2, 0.25) is 0 Å². The quantitative estimate of drug-likeness (QED) is 0.709. The average molecular weight is 323 g/mol. The lowest BCUT2D eigenvalue weighted by Crippen LogP contribution is -2.00. The van der Waals surface area contributed by atoms with Crippen LogP contribution in [0.1, 0.15) is 5.56 Å². The fourth-order valence-corrected chi connectivity index (χ4v) is 2.69. The molecule has 94 valence electrons. The summed E-state index contributed by atoms with van der Waals surface area (Å²) in [6.07, 6.45) is 0. The lowest BCUT2D eigenvalue weighted by Gasteiger charge is -2.06. The first-order valence-corrected chi connectivity index (χ1v) is 7.79. The number of halogens is 1. The molecule has 0 aliphatic carbocycles. The topological polar surface area (TPSA) is 9.23 Å². The predicted molar refractivity (Wildman–Crippen MR) is 82.2 cm³/mol. The van der Waals surface area contributed by atoms with E-state index in [1.807, 2.05) is 42.1 Å². The minimum Gasteiger partial charge on any atom is -0.493 e. The molecule has 0 bridgehead atoms. The van der Waals surface area contributed by atoms with Crippen molar-refractivity contribution in [3.63, 3.8) is 0 Å². The molecule has 2 aromatic rings. The molecule has 0 N–H and O–H groups in total. The Labute approximate surface area is 121 Å². The molecule has 0 aromatic heterocycles. The average Bonchev–Trinajstić information content (AvgIpc) is 2.40. The first-order valence-electron chi connectivity index (χ1n) is 5.84. The van der Waals surface area contributed by atoms with Gasteiger partial charge in [0.05, 0.1) is 6.61 Å². The third kappa shape index (κ3) is 4.75. The van der Waals surface area contributed by atoms with Gasteiger partial charge in [-0.2, -0.15) is 11.8 Å². The zero-order valence-corrected chi connectivity index (χ0v) is 12.4. The van der Waals surface area contributed by atoms with Gasteiger partial charge < -0.3 is 4.74 Å². The highest BCUT2D eigenvalue weighted by molar-refractivity contribution is 9.10. The van der Waals surface area contributed by atoms with Crippen molar-refractivity contribution in [3.8, 4) is 5.75 Å². The Balaban J connectivity index is 1.65. The van der Waals surface area contributed by atoms with Gasteiger partial charge >= 0.3 is 0 Å². The van der Waals surface area contributed by atoms with Gasteiger partial charge in [-0.3, -0.25) is 0 Å². The lowest BCUT2D eigenvalue weighted by atomic mass is 10.2. The highest BCUT2D eigenvalue weighted by Crippen LogP contribution is 2.18. The number of hydrogen-bond donors (Lipinski definition) is 0. The van der Waals surface area contributed by atoms with E-state index in [1.165, 1.54) is 5.56 Å². The van der Waals surface area contributed by atoms with Gasteiger partial charge in [-0.15, -0.1) is 0 Å². The van der Waals surface area contributed by atoms with Gasteiger partial charge in [-0.05, 0) is 23.8 Å². The third-order valence-electron chi connectivity index (χ3n) is 2.40. The van der Waals surface area contributed by atoms with Gasteiger partial charge in [0, 0.05) is 16.0 Å². The Bertz CT molecular complexity index is 473. The Morgan fingerprint density at radius 3 is 2.61 bits per heavy atom. The molecular weight excluding hydrogens is 308 g/mol. The van der Waals surface area contributed by atoms with Crippen LogP contribution in [0.3, 0.4) is 0 Å². The van der Waals surface area contributed by atoms with E-state index in [0.29, 0.717) is 0 Å². The van der Waals surface area contributed by atoms with Gasteiger partial charge in [-0.25, -0.2) is 0 Å². The molecule has 1 nitrogen and oxygen atoms in total. The molecule has 0 saturated carbocycles. The second-order valence-corrected chi connectivity index (χ2v) is 5.86. The van der Waals surface area contributed by atoms with E-state index >= 15 is 0 Å². The summed E-state index contributed by atoms with van der Waals surface area (Å²) in [5, 5.41) is 0. The van der Waals surface area contributed by atoms with Crippen molar-refractivity contribution in [2.24, 2.45) is 0 Å². The van der Waals surface area contributed by atoms with Crippen molar-refractivity contribution in [2.45, 2.75) is 5.75 Å². The molecule has 0 radical (unpaired) electrons. The molecule has 0 amide bonds. The first-order chi connectivity index (χ1) is 8.84. The van der Waals surface area contributed by atoms with Crippen LogP contribution in [-0.4, -0.2) is 12.4 Å². The van der Waals surface area contributed by atoms with Crippen molar-refractivity contribution < 1.29 is 4.74 Å². The van der Waals surface area contributed by atoms with E-state index in [4.69, 9.17) is 4.74 Å². The summed E-state index contributed by atoms with van der Waals surface area (Å²) in [6.45, 7) is 0.744. The SMILES string of the molecule is Brc1cccc(OCCSCc2ccccc2)c1. The van der Waals surface area contributed by atoms with Gasteiger partial charge in [0.2, 0.25) is 0 Å². The number of thioether (sulfide) groups is 1. The van der Waals surface area contributed by atoms with E-state index < -0.39 is 0 Å². The monoisotopic (exact) mass is 322 g/mol. The van der Waals surface area contributed by atoms with E-state index in [0.717, 1.165) is 28.3 Å². The zero-order chi connectivity index (χ0) is 12.6. The minimum atomic E-state index is 0.744. The van der Waals surface area contributed by atoms with Crippen LogP contribution < -0.4 is 4.74 Å². The number of benzene rings is 2. The van der Waals surface area contributed by atoms with Crippen LogP contribution >= 0.6 is 27.7 Å². The molecule has 0 aliphatic rings. The van der Waals surface area contributed by atoms with Gasteiger partial charge in [0.1, 0.15) is 5.75 Å². The van der Waals surface area contributed by atoms with Crippen LogP contribution in [0, 0.1) is 0 Å². The summed E-state index contributed by atoms with van der Waals surface area (Å²) >= 11 is 5.32. The van der Waals surface area contributed by atoms with Gasteiger partial charge in [0.15, 0.2) is 0 Å². The summed E-state index contributed by atoms with van der Waals surface area (Å²) in [7, 11) is 0. The fraction of sp³-hybridized carbons (Fsp3) is 0.200. The molecule has 18 heavy (non-hydrogen) atoms. The molecule has 0 unspecified atom stereocenters. The van der Waals surface area contributed by atoms with Crippen molar-refractivity contribution in [1.29, 1.82) is 0 Å². The van der Waals surface area contributed by atoms with Crippen LogP contribution in [0.25, 0.3) is 0 Å². The first kappa shape index (κ1) is 13.5. The molecule has 0 spiro atoms. The standard InChI is InChI=1S/C15H15BrOS/c16-14-7-4-8-15(11-14)17-9-10-18-12-13-5-2-1-3-6-13/h1-8,11H,9-10,12H2. The molecule has 0 atom stereocenters. The fourth-order valence-electron chi connectivity index (χ4n) is 1.54. The highest BCUT2D eigenvalue weighted by Gasteiger charge is 1.96. The van der Waals surface area contributed by atoms with Crippen molar-refractivity contribution in [3.05, 3.63) is 64.6 Å². The number of rotatable bonds is 6. The second-order valence-electron chi connectivity index (χ2n) is 3.84. The largest absolute Gasteiger partial charge is 0.493 e. The lowest BCUT2D eigenvalue weighted by molar-refractivity contribution is 0.344. The van der Waals surface area contributed by atoms with Crippen LogP contribution in [-0.2, 0) is 5.75 Å². The normalized spacial score (nSPS) is 10.3. The van der Waals surface area contributed by atoms with Crippen LogP contribution in [0.5, 0.6) is 5.75 Å². The molecule has 2 aromatic carbocycles. The van der Waals surface area contributed by atoms with Crippen molar-refractivity contribution in [2.75, 3.05) is 12.4 Å². The summed E-state index contributed by atoms with van der Waals surface area (Å²) in [4.78, 5) is 0. The smallest absolute Gasteiger partial charge is 0.120 e. The summed E-state index contributed by atoms with van der Waals surface area (Å²) in [5.74, 6) is 2.97. The van der Waals surface area contributed by atoms with Crippen molar-refractivity contribution >= 4 is 27.7 Å². The number of hydrogen-bond acceptors (Lipinski definition) is 2. The maximum absolute atomic E-state index is 5.67. The molecule has 0 saturated heterocycles. The van der Waals surface area contributed by atoms with E-state index in [1.54, 1.807) is 0 Å². The molecule has 0 heterocycles. The maximum atomic E-state index is 5.67. The zero-order valence-electron chi connectivity index (χ0n) is 10.0. The minimum absolute atomic E-state index is 0.744. The molecule has 0 aliphatic heterocycles. The summed E-state index contributed by atoms with van der Waals surface area (Å²) in [6, 6.07) is 18.5. The maximum Gasteiger partial charge on any atom is 0.120 e. The molecular formula is C15H15BrOS. The van der Waals surface area contributed by atoms with E-state index in [2.05, 4.69) is 40.2 Å². The molecule has 0 fully saturated rings. The Kier molecular flexibility index (Phi) is 5.62. The molecule has 3 heteroatoms. The Morgan fingerprint density at radius 1 is 1.00 bits per heavy atom. The number of ether oxygens (including phenoxy) is 1. The van der Waals surface area contributed by atoms with Crippen LogP contribution in [0.15, 0.2) is 59.1 Å². The Morgan fingerprint density at radius 2 is 1.83 bits per heavy atom.